The highest BCUT2D eigenvalue weighted by Gasteiger charge is 2.38. The summed E-state index contributed by atoms with van der Waals surface area (Å²) in [6.45, 7) is 4.66. The molecule has 110 valence electrons. The van der Waals surface area contributed by atoms with Gasteiger partial charge in [0.1, 0.15) is 5.54 Å². The summed E-state index contributed by atoms with van der Waals surface area (Å²) in [5, 5.41) is 2.80. The number of sulfone groups is 1. The average molecular weight is 297 g/mol. The highest BCUT2D eigenvalue weighted by atomic mass is 32.2. The first-order valence-corrected chi connectivity index (χ1v) is 8.19. The summed E-state index contributed by atoms with van der Waals surface area (Å²) in [5.41, 5.74) is 6.01. The number of anilines is 2. The maximum atomic E-state index is 12.0. The molecule has 0 radical (unpaired) electrons. The third-order valence-electron chi connectivity index (χ3n) is 3.58. The summed E-state index contributed by atoms with van der Waals surface area (Å²) in [5.74, 6) is -0.104. The van der Waals surface area contributed by atoms with E-state index in [1.54, 1.807) is 26.0 Å². The molecule has 1 aromatic carbocycles. The van der Waals surface area contributed by atoms with E-state index in [1.165, 1.54) is 6.07 Å². The maximum Gasteiger partial charge on any atom is 0.245 e. The predicted molar refractivity (Wildman–Crippen MR) is 78.4 cm³/mol. The van der Waals surface area contributed by atoms with Crippen molar-refractivity contribution in [3.8, 4) is 0 Å². The molecule has 1 heterocycles. The summed E-state index contributed by atoms with van der Waals surface area (Å²) < 4.78 is 23.5. The van der Waals surface area contributed by atoms with Crippen molar-refractivity contribution in [3.63, 3.8) is 0 Å². The van der Waals surface area contributed by atoms with Gasteiger partial charge < -0.3 is 16.0 Å². The van der Waals surface area contributed by atoms with Crippen LogP contribution in [-0.4, -0.2) is 39.2 Å². The van der Waals surface area contributed by atoms with Crippen LogP contribution in [0.25, 0.3) is 0 Å². The Bertz CT molecular complexity index is 653. The monoisotopic (exact) mass is 297 g/mol. The van der Waals surface area contributed by atoms with Crippen LogP contribution in [0.3, 0.4) is 0 Å². The molecule has 1 saturated heterocycles. The molecule has 1 amide bonds. The van der Waals surface area contributed by atoms with E-state index < -0.39 is 15.4 Å². The number of nitrogens with zero attached hydrogens (tertiary/aromatic N) is 1. The maximum absolute atomic E-state index is 12.0. The van der Waals surface area contributed by atoms with Gasteiger partial charge in [-0.1, -0.05) is 6.07 Å². The number of nitrogens with one attached hydrogen (secondary N) is 1. The van der Waals surface area contributed by atoms with Crippen molar-refractivity contribution in [3.05, 3.63) is 18.2 Å². The smallest absolute Gasteiger partial charge is 0.245 e. The lowest BCUT2D eigenvalue weighted by atomic mass is 9.97. The second kappa shape index (κ2) is 4.66. The van der Waals surface area contributed by atoms with Gasteiger partial charge in [0.05, 0.1) is 16.3 Å². The Balaban J connectivity index is 2.56. The number of hydrogen-bond acceptors (Lipinski definition) is 5. The summed E-state index contributed by atoms with van der Waals surface area (Å²) in [4.78, 5) is 13.9. The lowest BCUT2D eigenvalue weighted by Crippen LogP contribution is -2.62. The fraction of sp³-hybridized carbons (Fsp3) is 0.462. The van der Waals surface area contributed by atoms with E-state index in [1.807, 2.05) is 4.90 Å². The Labute approximate surface area is 118 Å². The number of benzene rings is 1. The normalized spacial score (nSPS) is 18.8. The van der Waals surface area contributed by atoms with Gasteiger partial charge in [0.2, 0.25) is 5.91 Å². The zero-order chi connectivity index (χ0) is 15.1. The summed E-state index contributed by atoms with van der Waals surface area (Å²) >= 11 is 0. The van der Waals surface area contributed by atoms with Crippen molar-refractivity contribution in [2.75, 3.05) is 30.0 Å². The van der Waals surface area contributed by atoms with Crippen molar-refractivity contribution >= 4 is 27.1 Å². The molecule has 0 spiro atoms. The minimum absolute atomic E-state index is 0.0942. The van der Waals surface area contributed by atoms with Crippen LogP contribution in [0.15, 0.2) is 23.1 Å². The van der Waals surface area contributed by atoms with Gasteiger partial charge in [-0.15, -0.1) is 0 Å². The minimum Gasteiger partial charge on any atom is -0.396 e. The summed E-state index contributed by atoms with van der Waals surface area (Å²) in [6, 6.07) is 4.86. The van der Waals surface area contributed by atoms with Crippen LogP contribution in [0.5, 0.6) is 0 Å². The number of amides is 1. The summed E-state index contributed by atoms with van der Waals surface area (Å²) in [7, 11) is -3.40. The molecule has 0 aromatic heterocycles. The number of piperazine rings is 1. The second-order valence-corrected chi connectivity index (χ2v) is 7.41. The largest absolute Gasteiger partial charge is 0.396 e. The molecule has 1 aliphatic heterocycles. The lowest BCUT2D eigenvalue weighted by molar-refractivity contribution is -0.126. The molecule has 1 fully saturated rings. The van der Waals surface area contributed by atoms with Gasteiger partial charge in [-0.25, -0.2) is 8.42 Å². The van der Waals surface area contributed by atoms with Crippen molar-refractivity contribution in [2.24, 2.45) is 0 Å². The number of carbonyl (C=O) groups excluding carboxylic acids is 1. The molecule has 0 unspecified atom stereocenters. The summed E-state index contributed by atoms with van der Waals surface area (Å²) in [6.07, 6.45) is 1.12. The zero-order valence-electron chi connectivity index (χ0n) is 11.8. The Morgan fingerprint density at radius 3 is 2.60 bits per heavy atom. The molecule has 0 aliphatic carbocycles. The van der Waals surface area contributed by atoms with Gasteiger partial charge in [0.25, 0.3) is 0 Å². The molecular formula is C13H19N3O3S. The Morgan fingerprint density at radius 2 is 2.00 bits per heavy atom. The molecule has 20 heavy (non-hydrogen) atoms. The molecule has 3 N–H and O–H groups in total. The SMILES string of the molecule is CC1(C)C(=O)NCCN1c1cccc(S(C)(=O)=O)c1N. The number of hydrogen-bond donors (Lipinski definition) is 2. The Kier molecular flexibility index (Phi) is 3.41. The van der Waals surface area contributed by atoms with Gasteiger partial charge >= 0.3 is 0 Å². The fourth-order valence-corrected chi connectivity index (χ4v) is 3.24. The number of nitrogens with two attached hydrogens (primary N) is 1. The molecule has 7 heteroatoms. The van der Waals surface area contributed by atoms with Crippen LogP contribution in [0.2, 0.25) is 0 Å². The number of para-hydroxylation sites is 1. The molecule has 0 saturated carbocycles. The van der Waals surface area contributed by atoms with E-state index >= 15 is 0 Å². The second-order valence-electron chi connectivity index (χ2n) is 5.43. The van der Waals surface area contributed by atoms with E-state index in [0.717, 1.165) is 6.26 Å². The van der Waals surface area contributed by atoms with Gasteiger partial charge in [-0.3, -0.25) is 4.79 Å². The Hall–Kier alpha value is -1.76. The molecular weight excluding hydrogens is 278 g/mol. The highest BCUT2D eigenvalue weighted by Crippen LogP contribution is 2.34. The first-order chi connectivity index (χ1) is 9.15. The third kappa shape index (κ3) is 2.33. The van der Waals surface area contributed by atoms with Crippen LogP contribution >= 0.6 is 0 Å². The molecule has 2 rings (SSSR count). The molecule has 0 bridgehead atoms. The number of rotatable bonds is 2. The number of nitrogen functional groups attached to an aromatic ring is 1. The van der Waals surface area contributed by atoms with Gasteiger partial charge in [-0.2, -0.15) is 0 Å². The predicted octanol–water partition coefficient (Wildman–Crippen LogP) is 0.387. The van der Waals surface area contributed by atoms with E-state index in [4.69, 9.17) is 5.73 Å². The first kappa shape index (κ1) is 14.6. The minimum atomic E-state index is -3.40. The van der Waals surface area contributed by atoms with Crippen LogP contribution in [0.4, 0.5) is 11.4 Å². The topological polar surface area (TPSA) is 92.5 Å². The lowest BCUT2D eigenvalue weighted by Gasteiger charge is -2.43. The Morgan fingerprint density at radius 1 is 1.35 bits per heavy atom. The average Bonchev–Trinajstić information content (AvgIpc) is 2.32. The van der Waals surface area contributed by atoms with Crippen LogP contribution in [0, 0.1) is 0 Å². The first-order valence-electron chi connectivity index (χ1n) is 6.30. The number of carbonyl (C=O) groups is 1. The van der Waals surface area contributed by atoms with Gasteiger partial charge in [-0.05, 0) is 26.0 Å². The molecule has 6 nitrogen and oxygen atoms in total. The van der Waals surface area contributed by atoms with Crippen molar-refractivity contribution < 1.29 is 13.2 Å². The molecule has 1 aromatic rings. The van der Waals surface area contributed by atoms with Crippen LogP contribution in [-0.2, 0) is 14.6 Å². The van der Waals surface area contributed by atoms with E-state index in [9.17, 15) is 13.2 Å². The quantitative estimate of drug-likeness (QED) is 0.770. The fourth-order valence-electron chi connectivity index (χ4n) is 2.41. The van der Waals surface area contributed by atoms with Gasteiger partial charge in [0.15, 0.2) is 9.84 Å². The molecule has 0 atom stereocenters. The third-order valence-corrected chi connectivity index (χ3v) is 4.74. The van der Waals surface area contributed by atoms with Crippen LogP contribution < -0.4 is 16.0 Å². The molecule has 1 aliphatic rings. The van der Waals surface area contributed by atoms with Crippen molar-refractivity contribution in [1.29, 1.82) is 0 Å². The standard InChI is InChI=1S/C13H19N3O3S/c1-13(2)12(17)15-7-8-16(13)9-5-4-6-10(11(9)14)20(3,18)19/h4-6H,7-8,14H2,1-3H3,(H,15,17). The van der Waals surface area contributed by atoms with Crippen LogP contribution in [0.1, 0.15) is 13.8 Å². The van der Waals surface area contributed by atoms with Gasteiger partial charge in [0, 0.05) is 19.3 Å². The highest BCUT2D eigenvalue weighted by molar-refractivity contribution is 7.90. The van der Waals surface area contributed by atoms with E-state index in [2.05, 4.69) is 5.32 Å². The van der Waals surface area contributed by atoms with Crippen molar-refractivity contribution in [2.45, 2.75) is 24.3 Å². The van der Waals surface area contributed by atoms with E-state index in [0.29, 0.717) is 18.8 Å². The zero-order valence-corrected chi connectivity index (χ0v) is 12.6. The van der Waals surface area contributed by atoms with Crippen molar-refractivity contribution in [1.82, 2.24) is 5.32 Å². The van der Waals surface area contributed by atoms with E-state index in [-0.39, 0.29) is 16.5 Å².